The average molecular weight is 475 g/mol. The highest BCUT2D eigenvalue weighted by atomic mass is 79.9. The first kappa shape index (κ1) is 15.7. The monoisotopic (exact) mass is 473 g/mol. The maximum atomic E-state index is 3.77. The number of fused-ring (bicyclic) bond motifs is 3. The zero-order valence-corrected chi connectivity index (χ0v) is 17.4. The Bertz CT molecular complexity index is 1390. The van der Waals surface area contributed by atoms with Gasteiger partial charge in [-0.1, -0.05) is 54.6 Å². The quantitative estimate of drug-likeness (QED) is 0.212. The van der Waals surface area contributed by atoms with E-state index in [0.717, 1.165) is 14.6 Å². The standard InChI is InChI=1S/C24H13Br2N/c25-18-10-5-11-19(26)24(18)27-20-12-3-8-16-14-6-1-2-7-15(14)17-9-4-13-21(27)23(17)22(16)20/h1-13H. The van der Waals surface area contributed by atoms with Crippen LogP contribution in [0.5, 0.6) is 0 Å². The van der Waals surface area contributed by atoms with Gasteiger partial charge in [0.1, 0.15) is 0 Å². The van der Waals surface area contributed by atoms with Crippen LogP contribution in [0.4, 0.5) is 0 Å². The molecule has 6 rings (SSSR count). The Morgan fingerprint density at radius 2 is 0.926 bits per heavy atom. The van der Waals surface area contributed by atoms with Gasteiger partial charge in [-0.15, -0.1) is 0 Å². The molecule has 128 valence electrons. The Morgan fingerprint density at radius 3 is 1.44 bits per heavy atom. The van der Waals surface area contributed by atoms with Crippen LogP contribution in [-0.2, 0) is 0 Å². The highest BCUT2D eigenvalue weighted by Gasteiger charge is 2.20. The van der Waals surface area contributed by atoms with Crippen molar-refractivity contribution in [1.82, 2.24) is 4.57 Å². The Balaban J connectivity index is 1.99. The summed E-state index contributed by atoms with van der Waals surface area (Å²) in [5.74, 6) is 0. The van der Waals surface area contributed by atoms with E-state index >= 15 is 0 Å². The van der Waals surface area contributed by atoms with Crippen molar-refractivity contribution >= 4 is 75.2 Å². The van der Waals surface area contributed by atoms with Crippen molar-refractivity contribution in [2.75, 3.05) is 0 Å². The molecule has 0 unspecified atom stereocenters. The first-order valence-corrected chi connectivity index (χ1v) is 10.4. The third-order valence-corrected chi connectivity index (χ3v) is 6.77. The molecule has 1 aromatic heterocycles. The van der Waals surface area contributed by atoms with E-state index in [-0.39, 0.29) is 0 Å². The molecule has 0 fully saturated rings. The molecule has 6 aromatic rings. The molecule has 5 aromatic carbocycles. The number of benzene rings is 5. The third kappa shape index (κ3) is 1.99. The van der Waals surface area contributed by atoms with Gasteiger partial charge in [-0.2, -0.15) is 0 Å². The van der Waals surface area contributed by atoms with Crippen LogP contribution in [0.15, 0.2) is 87.8 Å². The number of rotatable bonds is 1. The summed E-state index contributed by atoms with van der Waals surface area (Å²) in [5.41, 5.74) is 3.60. The molecule has 0 aliphatic heterocycles. The molecule has 1 heterocycles. The molecule has 3 heteroatoms. The first-order chi connectivity index (χ1) is 13.3. The number of halogens is 2. The summed E-state index contributed by atoms with van der Waals surface area (Å²) in [7, 11) is 0. The lowest BCUT2D eigenvalue weighted by molar-refractivity contribution is 1.16. The molecule has 0 radical (unpaired) electrons. The van der Waals surface area contributed by atoms with Crippen LogP contribution in [0, 0.1) is 0 Å². The summed E-state index contributed by atoms with van der Waals surface area (Å²) < 4.78 is 4.52. The highest BCUT2D eigenvalue weighted by Crippen LogP contribution is 2.45. The fourth-order valence-electron chi connectivity index (χ4n) is 4.45. The Kier molecular flexibility index (Phi) is 3.23. The van der Waals surface area contributed by atoms with Gasteiger partial charge in [0, 0.05) is 19.7 Å². The van der Waals surface area contributed by atoms with Crippen LogP contribution < -0.4 is 0 Å². The molecule has 1 nitrogen and oxygen atoms in total. The van der Waals surface area contributed by atoms with Crippen molar-refractivity contribution in [3.63, 3.8) is 0 Å². The fourth-order valence-corrected chi connectivity index (χ4v) is 5.81. The van der Waals surface area contributed by atoms with Crippen LogP contribution >= 0.6 is 31.9 Å². The van der Waals surface area contributed by atoms with Crippen LogP contribution in [0.2, 0.25) is 0 Å². The largest absolute Gasteiger partial charge is 0.307 e. The summed E-state index contributed by atoms with van der Waals surface area (Å²) in [4.78, 5) is 0. The van der Waals surface area contributed by atoms with Gasteiger partial charge < -0.3 is 4.57 Å². The molecule has 0 bridgehead atoms. The predicted molar refractivity (Wildman–Crippen MR) is 122 cm³/mol. The minimum Gasteiger partial charge on any atom is -0.307 e. The first-order valence-electron chi connectivity index (χ1n) is 8.86. The fraction of sp³-hybridized carbons (Fsp3) is 0. The van der Waals surface area contributed by atoms with Gasteiger partial charge in [-0.3, -0.25) is 0 Å². The van der Waals surface area contributed by atoms with Crippen molar-refractivity contribution in [2.24, 2.45) is 0 Å². The van der Waals surface area contributed by atoms with E-state index < -0.39 is 0 Å². The van der Waals surface area contributed by atoms with Gasteiger partial charge in [0.2, 0.25) is 0 Å². The van der Waals surface area contributed by atoms with Crippen LogP contribution in [0.25, 0.3) is 49.0 Å². The van der Waals surface area contributed by atoms with Crippen molar-refractivity contribution in [1.29, 1.82) is 0 Å². The van der Waals surface area contributed by atoms with E-state index in [1.54, 1.807) is 0 Å². The zero-order valence-electron chi connectivity index (χ0n) is 14.2. The van der Waals surface area contributed by atoms with E-state index in [9.17, 15) is 0 Å². The summed E-state index contributed by atoms with van der Waals surface area (Å²) in [6.07, 6.45) is 0. The molecule has 0 amide bonds. The predicted octanol–water partition coefficient (Wildman–Crippen LogP) is 8.05. The van der Waals surface area contributed by atoms with Crippen LogP contribution in [-0.4, -0.2) is 4.57 Å². The van der Waals surface area contributed by atoms with Gasteiger partial charge in [0.05, 0.1) is 16.7 Å². The maximum absolute atomic E-state index is 3.77. The van der Waals surface area contributed by atoms with Gasteiger partial charge in [0.25, 0.3) is 0 Å². The van der Waals surface area contributed by atoms with Gasteiger partial charge in [-0.05, 0) is 77.7 Å². The topological polar surface area (TPSA) is 4.93 Å². The average Bonchev–Trinajstić information content (AvgIpc) is 3.03. The number of hydrogen-bond donors (Lipinski definition) is 0. The normalized spacial score (nSPS) is 12.1. The van der Waals surface area contributed by atoms with E-state index in [4.69, 9.17) is 0 Å². The molecule has 0 aliphatic rings. The summed E-state index contributed by atoms with van der Waals surface area (Å²) >= 11 is 7.54. The Morgan fingerprint density at radius 1 is 0.481 bits per heavy atom. The molecule has 0 saturated carbocycles. The Labute approximate surface area is 172 Å². The second kappa shape index (κ2) is 5.57. The number of nitrogens with zero attached hydrogens (tertiary/aromatic N) is 1. The molecule has 0 aliphatic carbocycles. The summed E-state index contributed by atoms with van der Waals surface area (Å²) in [5, 5.41) is 7.93. The van der Waals surface area contributed by atoms with E-state index in [1.807, 2.05) is 0 Å². The number of hydrogen-bond acceptors (Lipinski definition) is 0. The second-order valence-electron chi connectivity index (χ2n) is 6.85. The van der Waals surface area contributed by atoms with Crippen molar-refractivity contribution in [2.45, 2.75) is 0 Å². The Hall–Kier alpha value is -2.36. The lowest BCUT2D eigenvalue weighted by atomic mass is 9.95. The van der Waals surface area contributed by atoms with Gasteiger partial charge in [-0.25, -0.2) is 0 Å². The van der Waals surface area contributed by atoms with Gasteiger partial charge >= 0.3 is 0 Å². The number of para-hydroxylation sites is 1. The number of aromatic nitrogens is 1. The SMILES string of the molecule is Brc1cccc(Br)c1-n1c2cccc3c4ccccc4c4cccc1c4c32. The van der Waals surface area contributed by atoms with E-state index in [0.29, 0.717) is 0 Å². The maximum Gasteiger partial charge on any atom is 0.0746 e. The van der Waals surface area contributed by atoms with Crippen molar-refractivity contribution in [3.05, 3.63) is 87.8 Å². The van der Waals surface area contributed by atoms with Crippen molar-refractivity contribution in [3.8, 4) is 5.69 Å². The minimum absolute atomic E-state index is 1.07. The molecule has 27 heavy (non-hydrogen) atoms. The molecule has 0 saturated heterocycles. The van der Waals surface area contributed by atoms with E-state index in [2.05, 4.69) is 115 Å². The van der Waals surface area contributed by atoms with Crippen molar-refractivity contribution < 1.29 is 0 Å². The van der Waals surface area contributed by atoms with Gasteiger partial charge in [0.15, 0.2) is 0 Å². The highest BCUT2D eigenvalue weighted by molar-refractivity contribution is 9.11. The lowest BCUT2D eigenvalue weighted by Gasteiger charge is -2.12. The second-order valence-corrected chi connectivity index (χ2v) is 8.56. The molecular weight excluding hydrogens is 462 g/mol. The van der Waals surface area contributed by atoms with Crippen LogP contribution in [0.1, 0.15) is 0 Å². The molecule has 0 spiro atoms. The lowest BCUT2D eigenvalue weighted by Crippen LogP contribution is -1.96. The smallest absolute Gasteiger partial charge is 0.0746 e. The molecule has 0 N–H and O–H groups in total. The third-order valence-electron chi connectivity index (χ3n) is 5.49. The molecular formula is C24H13Br2N. The van der Waals surface area contributed by atoms with Crippen LogP contribution in [0.3, 0.4) is 0 Å². The zero-order chi connectivity index (χ0) is 18.1. The molecule has 0 atom stereocenters. The summed E-state index contributed by atoms with van der Waals surface area (Å²) in [6, 6.07) is 28.2. The van der Waals surface area contributed by atoms with E-state index in [1.165, 1.54) is 43.4 Å². The summed E-state index contributed by atoms with van der Waals surface area (Å²) in [6.45, 7) is 0. The minimum atomic E-state index is 1.07.